The number of aromatic nitrogens is 6. The van der Waals surface area contributed by atoms with E-state index in [9.17, 15) is 18.0 Å². The molecular formula is C22H23F3N6O3. The van der Waals surface area contributed by atoms with Gasteiger partial charge in [-0.05, 0) is 24.1 Å². The average Bonchev–Trinajstić information content (AvgIpc) is 3.43. The molecule has 0 fully saturated rings. The second-order valence-corrected chi connectivity index (χ2v) is 7.60. The van der Waals surface area contributed by atoms with Gasteiger partial charge in [-0.2, -0.15) is 23.3 Å². The van der Waals surface area contributed by atoms with Gasteiger partial charge in [-0.3, -0.25) is 14.0 Å². The lowest BCUT2D eigenvalue weighted by atomic mass is 10.1. The lowest BCUT2D eigenvalue weighted by Crippen LogP contribution is -2.24. The van der Waals surface area contributed by atoms with Gasteiger partial charge in [0.25, 0.3) is 5.56 Å². The predicted octanol–water partition coefficient (Wildman–Crippen LogP) is 3.49. The number of ether oxygens (including phenoxy) is 2. The highest BCUT2D eigenvalue weighted by Crippen LogP contribution is 2.29. The van der Waals surface area contributed by atoms with Crippen molar-refractivity contribution in [2.45, 2.75) is 32.6 Å². The van der Waals surface area contributed by atoms with Crippen molar-refractivity contribution in [2.75, 3.05) is 20.3 Å². The molecule has 1 aromatic carbocycles. The SMILES string of the molecule is CCCn1c(OCCOC)nc2nc(-c3cnn(Cc4cccc(C(F)(F)F)c4)c3)[nH]c2c1=O. The second-order valence-electron chi connectivity index (χ2n) is 7.60. The summed E-state index contributed by atoms with van der Waals surface area (Å²) in [7, 11) is 1.55. The van der Waals surface area contributed by atoms with E-state index in [0.29, 0.717) is 36.5 Å². The molecule has 0 bridgehead atoms. The highest BCUT2D eigenvalue weighted by Gasteiger charge is 2.30. The van der Waals surface area contributed by atoms with Crippen LogP contribution in [0.15, 0.2) is 41.5 Å². The van der Waals surface area contributed by atoms with E-state index in [2.05, 4.69) is 20.1 Å². The molecule has 0 aliphatic carbocycles. The van der Waals surface area contributed by atoms with Crippen LogP contribution in [0.4, 0.5) is 13.2 Å². The molecule has 34 heavy (non-hydrogen) atoms. The summed E-state index contributed by atoms with van der Waals surface area (Å²) in [5, 5.41) is 4.22. The zero-order valence-electron chi connectivity index (χ0n) is 18.6. The zero-order chi connectivity index (χ0) is 24.3. The third-order valence-corrected chi connectivity index (χ3v) is 5.05. The fraction of sp³-hybridized carbons (Fsp3) is 0.364. The summed E-state index contributed by atoms with van der Waals surface area (Å²) in [6, 6.07) is 5.24. The lowest BCUT2D eigenvalue weighted by Gasteiger charge is -2.11. The number of rotatable bonds is 9. The molecule has 0 aliphatic heterocycles. The highest BCUT2D eigenvalue weighted by molar-refractivity contribution is 5.75. The number of hydrogen-bond acceptors (Lipinski definition) is 6. The van der Waals surface area contributed by atoms with Gasteiger partial charge in [0.15, 0.2) is 11.2 Å². The summed E-state index contributed by atoms with van der Waals surface area (Å²) >= 11 is 0. The largest absolute Gasteiger partial charge is 0.462 e. The number of halogens is 3. The minimum atomic E-state index is -4.41. The van der Waals surface area contributed by atoms with E-state index >= 15 is 0 Å². The summed E-state index contributed by atoms with van der Waals surface area (Å²) in [6.07, 6.45) is -0.551. The van der Waals surface area contributed by atoms with Crippen LogP contribution in [0.5, 0.6) is 6.01 Å². The summed E-state index contributed by atoms with van der Waals surface area (Å²) in [6.45, 7) is 3.08. The first-order valence-electron chi connectivity index (χ1n) is 10.6. The van der Waals surface area contributed by atoms with Crippen LogP contribution in [-0.2, 0) is 24.0 Å². The Morgan fingerprint density at radius 2 is 2.00 bits per heavy atom. The summed E-state index contributed by atoms with van der Waals surface area (Å²) in [5.41, 5.74) is 0.421. The van der Waals surface area contributed by atoms with Gasteiger partial charge in [-0.15, -0.1) is 0 Å². The van der Waals surface area contributed by atoms with Crippen molar-refractivity contribution in [3.05, 3.63) is 58.1 Å². The Balaban J connectivity index is 1.62. The van der Waals surface area contributed by atoms with Gasteiger partial charge in [0.2, 0.25) is 0 Å². The molecule has 3 aromatic heterocycles. The first-order chi connectivity index (χ1) is 16.3. The van der Waals surface area contributed by atoms with Gasteiger partial charge in [0.05, 0.1) is 30.5 Å². The van der Waals surface area contributed by atoms with Crippen LogP contribution in [0, 0.1) is 0 Å². The molecule has 0 saturated carbocycles. The molecule has 0 radical (unpaired) electrons. The molecule has 1 N–H and O–H groups in total. The minimum absolute atomic E-state index is 0.142. The standard InChI is InChI=1S/C22H23F3N6O3/c1-3-7-31-20(32)17-19(29-21(31)34-9-8-33-2)28-18(27-17)15-11-26-30(13-15)12-14-5-4-6-16(10-14)22(23,24)25/h4-6,10-11,13H,3,7-9,12H2,1-2H3,(H,27,28). The van der Waals surface area contributed by atoms with E-state index in [4.69, 9.17) is 9.47 Å². The molecule has 4 rings (SSSR count). The predicted molar refractivity (Wildman–Crippen MR) is 118 cm³/mol. The van der Waals surface area contributed by atoms with Crippen molar-refractivity contribution >= 4 is 11.2 Å². The maximum absolute atomic E-state index is 13.0. The molecule has 12 heteroatoms. The maximum atomic E-state index is 13.0. The average molecular weight is 476 g/mol. The second kappa shape index (κ2) is 9.67. The third kappa shape index (κ3) is 4.96. The number of hydrogen-bond donors (Lipinski definition) is 1. The number of methoxy groups -OCH3 is 1. The highest BCUT2D eigenvalue weighted by atomic mass is 19.4. The van der Waals surface area contributed by atoms with Crippen molar-refractivity contribution < 1.29 is 22.6 Å². The van der Waals surface area contributed by atoms with Gasteiger partial charge in [0, 0.05) is 19.9 Å². The number of fused-ring (bicyclic) bond motifs is 1. The Bertz CT molecular complexity index is 1340. The van der Waals surface area contributed by atoms with Crippen LogP contribution in [0.25, 0.3) is 22.6 Å². The number of alkyl halides is 3. The number of benzene rings is 1. The Labute approximate surface area is 192 Å². The molecule has 0 unspecified atom stereocenters. The number of nitrogens with one attached hydrogen (secondary N) is 1. The molecule has 0 spiro atoms. The number of nitrogens with zero attached hydrogens (tertiary/aromatic N) is 5. The van der Waals surface area contributed by atoms with Crippen LogP contribution in [0.3, 0.4) is 0 Å². The van der Waals surface area contributed by atoms with E-state index in [-0.39, 0.29) is 35.9 Å². The first-order valence-corrected chi connectivity index (χ1v) is 10.6. The van der Waals surface area contributed by atoms with Gasteiger partial charge in [-0.1, -0.05) is 19.1 Å². The van der Waals surface area contributed by atoms with Crippen LogP contribution in [-0.4, -0.2) is 49.6 Å². The smallest absolute Gasteiger partial charge is 0.416 e. The summed E-state index contributed by atoms with van der Waals surface area (Å²) in [4.78, 5) is 24.8. The molecule has 0 saturated heterocycles. The fourth-order valence-corrected chi connectivity index (χ4v) is 3.46. The van der Waals surface area contributed by atoms with Crippen LogP contribution in [0.2, 0.25) is 0 Å². The number of imidazole rings is 1. The monoisotopic (exact) mass is 476 g/mol. The third-order valence-electron chi connectivity index (χ3n) is 5.05. The molecule has 0 aliphatic rings. The van der Waals surface area contributed by atoms with E-state index in [1.165, 1.54) is 21.5 Å². The molecule has 4 aromatic rings. The number of aromatic amines is 1. The van der Waals surface area contributed by atoms with Crippen LogP contribution < -0.4 is 10.3 Å². The van der Waals surface area contributed by atoms with E-state index in [1.54, 1.807) is 19.4 Å². The molecule has 180 valence electrons. The topological polar surface area (TPSA) is 99.8 Å². The Morgan fingerprint density at radius 1 is 1.18 bits per heavy atom. The maximum Gasteiger partial charge on any atom is 0.416 e. The minimum Gasteiger partial charge on any atom is -0.462 e. The quantitative estimate of drug-likeness (QED) is 0.371. The normalized spacial score (nSPS) is 11.9. The lowest BCUT2D eigenvalue weighted by molar-refractivity contribution is -0.137. The Kier molecular flexibility index (Phi) is 6.68. The fourth-order valence-electron chi connectivity index (χ4n) is 3.46. The van der Waals surface area contributed by atoms with E-state index in [0.717, 1.165) is 12.1 Å². The van der Waals surface area contributed by atoms with E-state index < -0.39 is 11.7 Å². The molecule has 3 heterocycles. The van der Waals surface area contributed by atoms with Gasteiger partial charge < -0.3 is 14.5 Å². The molecular weight excluding hydrogens is 453 g/mol. The zero-order valence-corrected chi connectivity index (χ0v) is 18.6. The summed E-state index contributed by atoms with van der Waals surface area (Å²) < 4.78 is 52.5. The van der Waals surface area contributed by atoms with Crippen molar-refractivity contribution in [1.29, 1.82) is 0 Å². The Morgan fingerprint density at radius 3 is 2.74 bits per heavy atom. The summed E-state index contributed by atoms with van der Waals surface area (Å²) in [5.74, 6) is 0.368. The molecule has 9 nitrogen and oxygen atoms in total. The van der Waals surface area contributed by atoms with Gasteiger partial charge >= 0.3 is 12.2 Å². The van der Waals surface area contributed by atoms with E-state index in [1.807, 2.05) is 6.92 Å². The number of H-pyrrole nitrogens is 1. The van der Waals surface area contributed by atoms with Crippen LogP contribution in [0.1, 0.15) is 24.5 Å². The van der Waals surface area contributed by atoms with Crippen molar-refractivity contribution in [3.63, 3.8) is 0 Å². The molecule has 0 amide bonds. The van der Waals surface area contributed by atoms with Crippen LogP contribution >= 0.6 is 0 Å². The van der Waals surface area contributed by atoms with Crippen molar-refractivity contribution in [1.82, 2.24) is 29.3 Å². The first kappa shape index (κ1) is 23.5. The van der Waals surface area contributed by atoms with Gasteiger partial charge in [-0.25, -0.2) is 4.98 Å². The molecule has 0 atom stereocenters. The van der Waals surface area contributed by atoms with Gasteiger partial charge in [0.1, 0.15) is 12.4 Å². The Hall–Kier alpha value is -3.67. The van der Waals surface area contributed by atoms with Crippen molar-refractivity contribution in [2.24, 2.45) is 0 Å². The van der Waals surface area contributed by atoms with Crippen molar-refractivity contribution in [3.8, 4) is 17.4 Å².